The van der Waals surface area contributed by atoms with Gasteiger partial charge >= 0.3 is 6.18 Å². The molecule has 0 spiro atoms. The van der Waals surface area contributed by atoms with Crippen LogP contribution in [0.25, 0.3) is 0 Å². The Bertz CT molecular complexity index is 276. The van der Waals surface area contributed by atoms with Crippen LogP contribution in [0.5, 0.6) is 0 Å². The van der Waals surface area contributed by atoms with Crippen LogP contribution < -0.4 is 5.32 Å². The van der Waals surface area contributed by atoms with Gasteiger partial charge in [0.2, 0.25) is 0 Å². The van der Waals surface area contributed by atoms with Crippen LogP contribution in [0, 0.1) is 0 Å². The van der Waals surface area contributed by atoms with Crippen LogP contribution in [-0.4, -0.2) is 42.7 Å². The highest BCUT2D eigenvalue weighted by Crippen LogP contribution is 2.26. The molecule has 1 saturated heterocycles. The van der Waals surface area contributed by atoms with Gasteiger partial charge in [-0.25, -0.2) is 4.39 Å². The molecule has 0 bridgehead atoms. The molecule has 1 fully saturated rings. The molecule has 3 nitrogen and oxygen atoms in total. The number of amides is 1. The van der Waals surface area contributed by atoms with Gasteiger partial charge in [-0.1, -0.05) is 6.58 Å². The molecule has 0 aromatic heterocycles. The van der Waals surface area contributed by atoms with E-state index in [0.29, 0.717) is 4.90 Å². The first-order valence-electron chi connectivity index (χ1n) is 4.27. The first-order valence-corrected chi connectivity index (χ1v) is 4.27. The maximum atomic E-state index is 12.5. The summed E-state index contributed by atoms with van der Waals surface area (Å²) < 4.78 is 49.8. The van der Waals surface area contributed by atoms with Crippen LogP contribution in [-0.2, 0) is 4.79 Å². The smallest absolute Gasteiger partial charge is 0.322 e. The molecule has 0 unspecified atom stereocenters. The van der Waals surface area contributed by atoms with Crippen molar-refractivity contribution in [3.8, 4) is 0 Å². The number of piperazine rings is 1. The van der Waals surface area contributed by atoms with E-state index in [-0.39, 0.29) is 13.1 Å². The molecule has 0 radical (unpaired) electrons. The number of hydrogen-bond acceptors (Lipinski definition) is 2. The van der Waals surface area contributed by atoms with Crippen molar-refractivity contribution in [2.75, 3.05) is 19.6 Å². The molecule has 0 aromatic carbocycles. The molecule has 7 heteroatoms. The van der Waals surface area contributed by atoms with E-state index in [4.69, 9.17) is 0 Å². The Morgan fingerprint density at radius 3 is 2.53 bits per heavy atom. The second-order valence-corrected chi connectivity index (χ2v) is 3.16. The lowest BCUT2D eigenvalue weighted by atomic mass is 10.2. The van der Waals surface area contributed by atoms with Crippen molar-refractivity contribution in [3.05, 3.63) is 12.4 Å². The first-order chi connectivity index (χ1) is 6.84. The van der Waals surface area contributed by atoms with Gasteiger partial charge in [0.05, 0.1) is 0 Å². The summed E-state index contributed by atoms with van der Waals surface area (Å²) in [4.78, 5) is 11.5. The molecule has 1 amide bonds. The van der Waals surface area contributed by atoms with Crippen LogP contribution in [0.15, 0.2) is 12.4 Å². The molecule has 1 aliphatic heterocycles. The van der Waals surface area contributed by atoms with Crippen molar-refractivity contribution >= 4 is 5.91 Å². The predicted octanol–water partition coefficient (Wildman–Crippen LogP) is 0.832. The zero-order chi connectivity index (χ0) is 11.6. The third kappa shape index (κ3) is 2.68. The highest BCUT2D eigenvalue weighted by Gasteiger charge is 2.46. The summed E-state index contributed by atoms with van der Waals surface area (Å²) >= 11 is 0. The Morgan fingerprint density at radius 2 is 2.07 bits per heavy atom. The SMILES string of the molecule is C=C(F)C(=O)N1CCNC[C@@H]1C(F)(F)F. The number of carbonyl (C=O) groups is 1. The number of hydrogen-bond donors (Lipinski definition) is 1. The zero-order valence-electron chi connectivity index (χ0n) is 7.77. The van der Waals surface area contributed by atoms with Gasteiger partial charge in [-0.05, 0) is 0 Å². The Kier molecular flexibility index (Phi) is 3.33. The minimum atomic E-state index is -4.56. The third-order valence-corrected chi connectivity index (χ3v) is 2.11. The zero-order valence-corrected chi connectivity index (χ0v) is 7.77. The Morgan fingerprint density at radius 1 is 1.47 bits per heavy atom. The molecule has 0 aromatic rings. The van der Waals surface area contributed by atoms with Gasteiger partial charge in [-0.3, -0.25) is 4.79 Å². The molecule has 0 saturated carbocycles. The summed E-state index contributed by atoms with van der Waals surface area (Å²) in [6.07, 6.45) is -4.56. The van der Waals surface area contributed by atoms with Crippen molar-refractivity contribution in [2.45, 2.75) is 12.2 Å². The molecular weight excluding hydrogens is 216 g/mol. The monoisotopic (exact) mass is 226 g/mol. The summed E-state index contributed by atoms with van der Waals surface area (Å²) in [6.45, 7) is 2.33. The van der Waals surface area contributed by atoms with Crippen molar-refractivity contribution < 1.29 is 22.4 Å². The van der Waals surface area contributed by atoms with Crippen LogP contribution >= 0.6 is 0 Å². The third-order valence-electron chi connectivity index (χ3n) is 2.11. The van der Waals surface area contributed by atoms with E-state index in [1.54, 1.807) is 0 Å². The summed E-state index contributed by atoms with van der Waals surface area (Å²) in [5, 5.41) is 2.50. The van der Waals surface area contributed by atoms with Crippen LogP contribution in [0.4, 0.5) is 17.6 Å². The lowest BCUT2D eigenvalue weighted by Gasteiger charge is -2.36. The number of alkyl halides is 3. The quantitative estimate of drug-likeness (QED) is 0.530. The molecule has 86 valence electrons. The van der Waals surface area contributed by atoms with E-state index in [9.17, 15) is 22.4 Å². The van der Waals surface area contributed by atoms with E-state index in [0.717, 1.165) is 0 Å². The van der Waals surface area contributed by atoms with Gasteiger partial charge in [-0.15, -0.1) is 0 Å². The molecule has 1 heterocycles. The number of carbonyl (C=O) groups excluding carboxylic acids is 1. The summed E-state index contributed by atoms with van der Waals surface area (Å²) in [5.74, 6) is -2.66. The predicted molar refractivity (Wildman–Crippen MR) is 44.7 cm³/mol. The normalized spacial score (nSPS) is 22.7. The van der Waals surface area contributed by atoms with E-state index in [2.05, 4.69) is 11.9 Å². The largest absolute Gasteiger partial charge is 0.410 e. The fraction of sp³-hybridized carbons (Fsp3) is 0.625. The van der Waals surface area contributed by atoms with Gasteiger partial charge in [-0.2, -0.15) is 13.2 Å². The standard InChI is InChI=1S/C8H10F4N2O/c1-5(9)7(15)14-3-2-13-4-6(14)8(10,11)12/h6,13H,1-4H2/t6-/m1/s1. The summed E-state index contributed by atoms with van der Waals surface area (Å²) in [6, 6.07) is -1.98. The van der Waals surface area contributed by atoms with E-state index in [1.807, 2.05) is 0 Å². The second kappa shape index (κ2) is 4.18. The molecule has 1 N–H and O–H groups in total. The van der Waals surface area contributed by atoms with Crippen LogP contribution in [0.2, 0.25) is 0 Å². The van der Waals surface area contributed by atoms with Crippen molar-refractivity contribution in [3.63, 3.8) is 0 Å². The number of halogens is 4. The van der Waals surface area contributed by atoms with Gasteiger partial charge < -0.3 is 10.2 Å². The molecule has 1 aliphatic rings. The van der Waals surface area contributed by atoms with Crippen LogP contribution in [0.3, 0.4) is 0 Å². The number of rotatable bonds is 1. The minimum absolute atomic E-state index is 0.175. The van der Waals surface area contributed by atoms with Crippen molar-refractivity contribution in [1.29, 1.82) is 0 Å². The molecule has 1 atom stereocenters. The molecule has 1 rings (SSSR count). The maximum Gasteiger partial charge on any atom is 0.410 e. The van der Waals surface area contributed by atoms with Gasteiger partial charge in [0, 0.05) is 19.6 Å². The summed E-state index contributed by atoms with van der Waals surface area (Å²) in [5.41, 5.74) is 0. The Hall–Kier alpha value is -1.11. The second-order valence-electron chi connectivity index (χ2n) is 3.16. The highest BCUT2D eigenvalue weighted by atomic mass is 19.4. The summed E-state index contributed by atoms with van der Waals surface area (Å²) in [7, 11) is 0. The van der Waals surface area contributed by atoms with Gasteiger partial charge in [0.1, 0.15) is 6.04 Å². The lowest BCUT2D eigenvalue weighted by molar-refractivity contribution is -0.191. The molecule has 15 heavy (non-hydrogen) atoms. The number of nitrogens with one attached hydrogen (secondary N) is 1. The van der Waals surface area contributed by atoms with E-state index >= 15 is 0 Å². The lowest BCUT2D eigenvalue weighted by Crippen LogP contribution is -2.59. The van der Waals surface area contributed by atoms with Gasteiger partial charge in [0.25, 0.3) is 5.91 Å². The first kappa shape index (κ1) is 12.0. The minimum Gasteiger partial charge on any atom is -0.322 e. The molecular formula is C8H10F4N2O. The van der Waals surface area contributed by atoms with Gasteiger partial charge in [0.15, 0.2) is 5.83 Å². The van der Waals surface area contributed by atoms with Crippen LogP contribution in [0.1, 0.15) is 0 Å². The Balaban J connectivity index is 2.83. The van der Waals surface area contributed by atoms with E-state index < -0.39 is 30.5 Å². The highest BCUT2D eigenvalue weighted by molar-refractivity contribution is 5.91. The average molecular weight is 226 g/mol. The number of nitrogens with zero attached hydrogens (tertiary/aromatic N) is 1. The average Bonchev–Trinajstić information content (AvgIpc) is 2.15. The van der Waals surface area contributed by atoms with E-state index in [1.165, 1.54) is 0 Å². The fourth-order valence-corrected chi connectivity index (χ4v) is 1.40. The Labute approximate surface area is 83.7 Å². The molecule has 0 aliphatic carbocycles. The fourth-order valence-electron chi connectivity index (χ4n) is 1.40. The maximum absolute atomic E-state index is 12.5. The van der Waals surface area contributed by atoms with Crippen molar-refractivity contribution in [1.82, 2.24) is 10.2 Å². The van der Waals surface area contributed by atoms with Crippen molar-refractivity contribution in [2.24, 2.45) is 0 Å². The topological polar surface area (TPSA) is 32.3 Å².